The molecule has 0 unspecified atom stereocenters. The van der Waals surface area contributed by atoms with Gasteiger partial charge in [-0.2, -0.15) is 0 Å². The van der Waals surface area contributed by atoms with Crippen molar-refractivity contribution in [1.82, 2.24) is 10.2 Å². The molecule has 1 aromatic carbocycles. The molecule has 25 heavy (non-hydrogen) atoms. The molecule has 0 radical (unpaired) electrons. The minimum Gasteiger partial charge on any atom is -0.491 e. The van der Waals surface area contributed by atoms with Crippen LogP contribution in [0.15, 0.2) is 29.8 Å². The fourth-order valence-electron chi connectivity index (χ4n) is 3.06. The van der Waals surface area contributed by atoms with Crippen LogP contribution in [-0.2, 0) is 0 Å². The molecule has 0 amide bonds. The van der Waals surface area contributed by atoms with Crippen molar-refractivity contribution in [2.45, 2.75) is 53.1 Å². The van der Waals surface area contributed by atoms with Gasteiger partial charge in [-0.05, 0) is 31.4 Å². The first-order valence-electron chi connectivity index (χ1n) is 9.45. The largest absolute Gasteiger partial charge is 0.491 e. The molecule has 1 aliphatic rings. The Morgan fingerprint density at radius 1 is 1.24 bits per heavy atom. The summed E-state index contributed by atoms with van der Waals surface area (Å²) in [5.74, 6) is 2.48. The number of ether oxygens (including phenoxy) is 1. The fourth-order valence-corrected chi connectivity index (χ4v) is 3.06. The molecule has 1 heterocycles. The monoisotopic (exact) mass is 343 g/mol. The molecule has 1 fully saturated rings. The van der Waals surface area contributed by atoms with Crippen molar-refractivity contribution in [3.8, 4) is 5.75 Å². The second-order valence-corrected chi connectivity index (χ2v) is 7.14. The minimum absolute atomic E-state index is 0.150. The van der Waals surface area contributed by atoms with Crippen LogP contribution < -0.4 is 10.1 Å². The molecule has 1 aliphatic heterocycles. The van der Waals surface area contributed by atoms with Gasteiger partial charge in [-0.1, -0.05) is 39.5 Å². The second-order valence-electron chi connectivity index (χ2n) is 7.14. The van der Waals surface area contributed by atoms with E-state index in [1.165, 1.54) is 5.56 Å². The minimum atomic E-state index is 0.150. The highest BCUT2D eigenvalue weighted by Crippen LogP contribution is 2.31. The summed E-state index contributed by atoms with van der Waals surface area (Å²) in [4.78, 5) is 7.21. The molecule has 0 saturated carbocycles. The summed E-state index contributed by atoms with van der Waals surface area (Å²) in [7, 11) is 0. The number of benzene rings is 1. The zero-order valence-electron chi connectivity index (χ0n) is 16.4. The van der Waals surface area contributed by atoms with Gasteiger partial charge in [0.1, 0.15) is 11.6 Å². The summed E-state index contributed by atoms with van der Waals surface area (Å²) < 4.78 is 6.04. The first kappa shape index (κ1) is 19.5. The lowest BCUT2D eigenvalue weighted by molar-refractivity contribution is 0.239. The van der Waals surface area contributed by atoms with E-state index in [2.05, 4.69) is 69.6 Å². The molecule has 1 saturated heterocycles. The highest BCUT2D eigenvalue weighted by molar-refractivity contribution is 5.88. The Balaban J connectivity index is 2.26. The Kier molecular flexibility index (Phi) is 7.06. The first-order chi connectivity index (χ1) is 11.9. The second kappa shape index (κ2) is 9.04. The third kappa shape index (κ3) is 5.33. The van der Waals surface area contributed by atoms with Crippen LogP contribution in [0.4, 0.5) is 0 Å². The van der Waals surface area contributed by atoms with Crippen molar-refractivity contribution in [1.29, 1.82) is 0 Å². The van der Waals surface area contributed by atoms with E-state index in [0.717, 1.165) is 55.4 Å². The highest BCUT2D eigenvalue weighted by atomic mass is 16.5. The van der Waals surface area contributed by atoms with E-state index in [1.807, 2.05) is 0 Å². The summed E-state index contributed by atoms with van der Waals surface area (Å²) in [6.07, 6.45) is 1.06. The number of aliphatic imine (C=N–C) groups is 1. The van der Waals surface area contributed by atoms with Gasteiger partial charge in [-0.25, -0.2) is 4.99 Å². The summed E-state index contributed by atoms with van der Waals surface area (Å²) in [6, 6.07) is 6.35. The molecule has 4 heteroatoms. The average Bonchev–Trinajstić information content (AvgIpc) is 2.59. The molecule has 2 rings (SSSR count). The van der Waals surface area contributed by atoms with Gasteiger partial charge in [0.25, 0.3) is 0 Å². The van der Waals surface area contributed by atoms with Gasteiger partial charge in [-0.3, -0.25) is 0 Å². The molecular weight excluding hydrogens is 310 g/mol. The van der Waals surface area contributed by atoms with Gasteiger partial charge in [0.15, 0.2) is 0 Å². The van der Waals surface area contributed by atoms with Crippen LogP contribution in [0.1, 0.15) is 58.1 Å². The maximum Gasteiger partial charge on any atom is 0.123 e. The number of nitrogens with one attached hydrogen (secondary N) is 1. The van der Waals surface area contributed by atoms with Crippen LogP contribution in [0.25, 0.3) is 5.70 Å². The van der Waals surface area contributed by atoms with E-state index in [0.29, 0.717) is 5.92 Å². The molecule has 0 aliphatic carbocycles. The molecule has 0 atom stereocenters. The van der Waals surface area contributed by atoms with Gasteiger partial charge in [-0.15, -0.1) is 0 Å². The van der Waals surface area contributed by atoms with E-state index < -0.39 is 0 Å². The standard InChI is InChI=1S/C21H33N3O/c1-7-21(24-12-10-22-11-13-24)23-17(6)18-8-9-19(15(2)3)20(14-18)25-16(4)5/h8-9,14-16,22H,6-7,10-13H2,1-5H3. The van der Waals surface area contributed by atoms with Crippen molar-refractivity contribution < 1.29 is 4.74 Å². The number of piperazine rings is 1. The zero-order valence-corrected chi connectivity index (χ0v) is 16.4. The smallest absolute Gasteiger partial charge is 0.123 e. The van der Waals surface area contributed by atoms with Crippen molar-refractivity contribution in [3.63, 3.8) is 0 Å². The van der Waals surface area contributed by atoms with Crippen LogP contribution >= 0.6 is 0 Å². The lowest BCUT2D eigenvalue weighted by Gasteiger charge is -2.30. The van der Waals surface area contributed by atoms with Crippen LogP contribution in [0.5, 0.6) is 5.75 Å². The number of rotatable bonds is 6. The topological polar surface area (TPSA) is 36.9 Å². The SMILES string of the molecule is C=C(N=C(CC)N1CCNCC1)c1ccc(C(C)C)c(OC(C)C)c1. The molecule has 1 N–H and O–H groups in total. The number of hydrogen-bond donors (Lipinski definition) is 1. The molecular formula is C21H33N3O. The highest BCUT2D eigenvalue weighted by Gasteiger charge is 2.15. The van der Waals surface area contributed by atoms with Crippen molar-refractivity contribution in [3.05, 3.63) is 35.9 Å². The lowest BCUT2D eigenvalue weighted by atomic mass is 9.99. The van der Waals surface area contributed by atoms with Gasteiger partial charge in [0.05, 0.1) is 11.8 Å². The Labute approximate surface area is 153 Å². The lowest BCUT2D eigenvalue weighted by Crippen LogP contribution is -2.46. The predicted octanol–water partition coefficient (Wildman–Crippen LogP) is 4.28. The van der Waals surface area contributed by atoms with Crippen molar-refractivity contribution in [2.24, 2.45) is 4.99 Å². The Hall–Kier alpha value is -1.81. The Morgan fingerprint density at radius 3 is 2.48 bits per heavy atom. The van der Waals surface area contributed by atoms with Crippen LogP contribution in [0.2, 0.25) is 0 Å². The third-order valence-corrected chi connectivity index (χ3v) is 4.39. The predicted molar refractivity (Wildman–Crippen MR) is 107 cm³/mol. The van der Waals surface area contributed by atoms with E-state index >= 15 is 0 Å². The molecule has 4 nitrogen and oxygen atoms in total. The Bertz CT molecular complexity index is 614. The fraction of sp³-hybridized carbons (Fsp3) is 0.571. The number of amidine groups is 1. The zero-order chi connectivity index (χ0) is 18.4. The van der Waals surface area contributed by atoms with E-state index in [1.54, 1.807) is 0 Å². The molecule has 0 aromatic heterocycles. The van der Waals surface area contributed by atoms with Crippen LogP contribution in [0, 0.1) is 0 Å². The number of hydrogen-bond acceptors (Lipinski definition) is 3. The quantitative estimate of drug-likeness (QED) is 0.619. The van der Waals surface area contributed by atoms with Gasteiger partial charge in [0.2, 0.25) is 0 Å². The van der Waals surface area contributed by atoms with E-state index in [9.17, 15) is 0 Å². The third-order valence-electron chi connectivity index (χ3n) is 4.39. The number of nitrogens with zero attached hydrogens (tertiary/aromatic N) is 2. The molecule has 0 spiro atoms. The first-order valence-corrected chi connectivity index (χ1v) is 9.45. The maximum absolute atomic E-state index is 6.04. The summed E-state index contributed by atoms with van der Waals surface area (Å²) in [5, 5.41) is 3.39. The molecule has 0 bridgehead atoms. The van der Waals surface area contributed by atoms with Crippen molar-refractivity contribution in [2.75, 3.05) is 26.2 Å². The van der Waals surface area contributed by atoms with Gasteiger partial charge >= 0.3 is 0 Å². The van der Waals surface area contributed by atoms with Crippen molar-refractivity contribution >= 4 is 11.5 Å². The normalized spacial score (nSPS) is 15.8. The van der Waals surface area contributed by atoms with Gasteiger partial charge < -0.3 is 15.0 Å². The maximum atomic E-state index is 6.04. The summed E-state index contributed by atoms with van der Waals surface area (Å²) >= 11 is 0. The van der Waals surface area contributed by atoms with E-state index in [-0.39, 0.29) is 6.10 Å². The summed E-state index contributed by atoms with van der Waals surface area (Å²) in [6.45, 7) is 18.9. The van der Waals surface area contributed by atoms with Crippen LogP contribution in [-0.4, -0.2) is 43.0 Å². The Morgan fingerprint density at radius 2 is 1.92 bits per heavy atom. The molecule has 138 valence electrons. The van der Waals surface area contributed by atoms with Crippen LogP contribution in [0.3, 0.4) is 0 Å². The van der Waals surface area contributed by atoms with Gasteiger partial charge in [0, 0.05) is 38.2 Å². The molecule has 1 aromatic rings. The summed E-state index contributed by atoms with van der Waals surface area (Å²) in [5.41, 5.74) is 3.06. The van der Waals surface area contributed by atoms with E-state index in [4.69, 9.17) is 9.73 Å². The average molecular weight is 344 g/mol.